The molecular formula is C16H19N3O2. The quantitative estimate of drug-likeness (QED) is 0.942. The summed E-state index contributed by atoms with van der Waals surface area (Å²) in [6.45, 7) is 3.57. The normalized spacial score (nSPS) is 15.9. The Labute approximate surface area is 123 Å². The largest absolute Gasteiger partial charge is 0.360 e. The Morgan fingerprint density at radius 2 is 1.90 bits per heavy atom. The van der Waals surface area contributed by atoms with E-state index in [1.807, 2.05) is 35.3 Å². The van der Waals surface area contributed by atoms with Crippen LogP contribution in [0.25, 0.3) is 11.3 Å². The molecule has 1 aromatic carbocycles. The van der Waals surface area contributed by atoms with Crippen LogP contribution in [0.2, 0.25) is 0 Å². The topological polar surface area (TPSA) is 58.4 Å². The Hall–Kier alpha value is -2.14. The zero-order valence-corrected chi connectivity index (χ0v) is 12.1. The van der Waals surface area contributed by atoms with E-state index in [2.05, 4.69) is 10.6 Å². The molecule has 0 aliphatic carbocycles. The average molecular weight is 285 g/mol. The van der Waals surface area contributed by atoms with Gasteiger partial charge in [0.2, 0.25) is 0 Å². The standard InChI is InChI=1S/C16H19N3O2/c1-12-14(16(20)17-19-10-6-3-7-11-19)15(18-21-12)13-8-4-2-5-9-13/h2,4-5,8-9H,3,6-7,10-11H2,1H3,(H,17,20). The van der Waals surface area contributed by atoms with Crippen LogP contribution in [-0.2, 0) is 0 Å². The fraction of sp³-hybridized carbons (Fsp3) is 0.375. The summed E-state index contributed by atoms with van der Waals surface area (Å²) in [5, 5.41) is 6.02. The molecule has 1 aliphatic rings. The van der Waals surface area contributed by atoms with Gasteiger partial charge >= 0.3 is 0 Å². The maximum atomic E-state index is 12.5. The van der Waals surface area contributed by atoms with Crippen LogP contribution < -0.4 is 5.43 Å². The zero-order valence-electron chi connectivity index (χ0n) is 12.1. The second-order valence-corrected chi connectivity index (χ2v) is 5.32. The first kappa shape index (κ1) is 13.8. The molecule has 1 amide bonds. The van der Waals surface area contributed by atoms with Gasteiger partial charge in [0.25, 0.3) is 5.91 Å². The number of aromatic nitrogens is 1. The Morgan fingerprint density at radius 1 is 1.19 bits per heavy atom. The summed E-state index contributed by atoms with van der Waals surface area (Å²) in [5.41, 5.74) is 4.97. The summed E-state index contributed by atoms with van der Waals surface area (Å²) < 4.78 is 5.23. The Kier molecular flexibility index (Phi) is 4.01. The number of aryl methyl sites for hydroxylation is 1. The fourth-order valence-corrected chi connectivity index (χ4v) is 2.64. The molecule has 0 spiro atoms. The first-order valence-electron chi connectivity index (χ1n) is 7.33. The number of rotatable bonds is 3. The number of hydrogen-bond donors (Lipinski definition) is 1. The predicted molar refractivity (Wildman–Crippen MR) is 79.6 cm³/mol. The summed E-state index contributed by atoms with van der Waals surface area (Å²) in [6, 6.07) is 9.63. The van der Waals surface area contributed by atoms with Crippen molar-refractivity contribution in [2.75, 3.05) is 13.1 Å². The van der Waals surface area contributed by atoms with Gasteiger partial charge in [-0.25, -0.2) is 5.01 Å². The van der Waals surface area contributed by atoms with Crippen LogP contribution in [0, 0.1) is 6.92 Å². The minimum atomic E-state index is -0.144. The lowest BCUT2D eigenvalue weighted by molar-refractivity contribution is 0.0749. The second-order valence-electron chi connectivity index (χ2n) is 5.32. The van der Waals surface area contributed by atoms with E-state index in [4.69, 9.17) is 4.52 Å². The van der Waals surface area contributed by atoms with Gasteiger partial charge in [-0.05, 0) is 19.8 Å². The van der Waals surface area contributed by atoms with E-state index >= 15 is 0 Å². The highest BCUT2D eigenvalue weighted by atomic mass is 16.5. The van der Waals surface area contributed by atoms with Crippen molar-refractivity contribution in [1.29, 1.82) is 0 Å². The number of carbonyl (C=O) groups is 1. The summed E-state index contributed by atoms with van der Waals surface area (Å²) in [7, 11) is 0. The third kappa shape index (κ3) is 2.97. The smallest absolute Gasteiger partial charge is 0.271 e. The van der Waals surface area contributed by atoms with Crippen LogP contribution in [0.15, 0.2) is 34.9 Å². The number of hydrogen-bond acceptors (Lipinski definition) is 4. The zero-order chi connectivity index (χ0) is 14.7. The molecule has 3 rings (SSSR count). The maximum absolute atomic E-state index is 12.5. The van der Waals surface area contributed by atoms with E-state index in [1.54, 1.807) is 6.92 Å². The molecule has 21 heavy (non-hydrogen) atoms. The van der Waals surface area contributed by atoms with Crippen molar-refractivity contribution in [3.8, 4) is 11.3 Å². The van der Waals surface area contributed by atoms with Crippen LogP contribution in [0.5, 0.6) is 0 Å². The van der Waals surface area contributed by atoms with Crippen LogP contribution in [0.1, 0.15) is 35.4 Å². The molecule has 2 heterocycles. The average Bonchev–Trinajstić information content (AvgIpc) is 2.91. The van der Waals surface area contributed by atoms with Gasteiger partial charge in [0.1, 0.15) is 17.0 Å². The molecular weight excluding hydrogens is 266 g/mol. The fourth-order valence-electron chi connectivity index (χ4n) is 2.64. The first-order valence-corrected chi connectivity index (χ1v) is 7.33. The van der Waals surface area contributed by atoms with Gasteiger partial charge < -0.3 is 4.52 Å². The number of hydrazine groups is 1. The third-order valence-electron chi connectivity index (χ3n) is 3.75. The summed E-state index contributed by atoms with van der Waals surface area (Å²) in [4.78, 5) is 12.5. The third-order valence-corrected chi connectivity index (χ3v) is 3.75. The molecule has 2 aromatic rings. The molecule has 1 aliphatic heterocycles. The minimum absolute atomic E-state index is 0.144. The Bertz CT molecular complexity index is 616. The molecule has 110 valence electrons. The van der Waals surface area contributed by atoms with Gasteiger partial charge in [0.05, 0.1) is 0 Å². The van der Waals surface area contributed by atoms with E-state index in [9.17, 15) is 4.79 Å². The Balaban J connectivity index is 1.84. The molecule has 5 heteroatoms. The summed E-state index contributed by atoms with van der Waals surface area (Å²) in [6.07, 6.45) is 3.47. The van der Waals surface area contributed by atoms with Crippen LogP contribution in [0.3, 0.4) is 0 Å². The van der Waals surface area contributed by atoms with Crippen molar-refractivity contribution < 1.29 is 9.32 Å². The van der Waals surface area contributed by atoms with Gasteiger partial charge in [-0.1, -0.05) is 41.9 Å². The molecule has 0 bridgehead atoms. The monoisotopic (exact) mass is 285 g/mol. The highest BCUT2D eigenvalue weighted by Crippen LogP contribution is 2.25. The van der Waals surface area contributed by atoms with Gasteiger partial charge in [-0.2, -0.15) is 0 Å². The first-order chi connectivity index (χ1) is 10.3. The van der Waals surface area contributed by atoms with Crippen molar-refractivity contribution in [3.63, 3.8) is 0 Å². The van der Waals surface area contributed by atoms with Gasteiger partial charge in [-0.15, -0.1) is 0 Å². The number of piperidine rings is 1. The van der Waals surface area contributed by atoms with Crippen LogP contribution in [-0.4, -0.2) is 29.2 Å². The lowest BCUT2D eigenvalue weighted by Gasteiger charge is -2.26. The molecule has 0 atom stereocenters. The molecule has 0 radical (unpaired) electrons. The number of benzene rings is 1. The van der Waals surface area contributed by atoms with E-state index < -0.39 is 0 Å². The summed E-state index contributed by atoms with van der Waals surface area (Å²) >= 11 is 0. The second kappa shape index (κ2) is 6.10. The lowest BCUT2D eigenvalue weighted by Crippen LogP contribution is -2.45. The molecule has 0 saturated carbocycles. The molecule has 1 saturated heterocycles. The van der Waals surface area contributed by atoms with E-state index in [1.165, 1.54) is 6.42 Å². The SMILES string of the molecule is Cc1onc(-c2ccccc2)c1C(=O)NN1CCCCC1. The Morgan fingerprint density at radius 3 is 2.62 bits per heavy atom. The minimum Gasteiger partial charge on any atom is -0.360 e. The lowest BCUT2D eigenvalue weighted by atomic mass is 10.1. The van der Waals surface area contributed by atoms with Crippen molar-refractivity contribution in [2.45, 2.75) is 26.2 Å². The van der Waals surface area contributed by atoms with Crippen LogP contribution >= 0.6 is 0 Å². The summed E-state index contributed by atoms with van der Waals surface area (Å²) in [5.74, 6) is 0.401. The van der Waals surface area contributed by atoms with Crippen molar-refractivity contribution in [2.24, 2.45) is 0 Å². The molecule has 0 unspecified atom stereocenters. The number of nitrogens with one attached hydrogen (secondary N) is 1. The molecule has 1 N–H and O–H groups in total. The van der Waals surface area contributed by atoms with Crippen molar-refractivity contribution in [3.05, 3.63) is 41.7 Å². The molecule has 1 aromatic heterocycles. The van der Waals surface area contributed by atoms with Gasteiger partial charge in [0, 0.05) is 18.7 Å². The number of nitrogens with zero attached hydrogens (tertiary/aromatic N) is 2. The number of amides is 1. The highest BCUT2D eigenvalue weighted by Gasteiger charge is 2.23. The van der Waals surface area contributed by atoms with Crippen molar-refractivity contribution >= 4 is 5.91 Å². The highest BCUT2D eigenvalue weighted by molar-refractivity contribution is 6.00. The number of carbonyl (C=O) groups excluding carboxylic acids is 1. The molecule has 5 nitrogen and oxygen atoms in total. The maximum Gasteiger partial charge on any atom is 0.271 e. The van der Waals surface area contributed by atoms with Gasteiger partial charge in [-0.3, -0.25) is 10.2 Å². The van der Waals surface area contributed by atoms with Crippen LogP contribution in [0.4, 0.5) is 0 Å². The van der Waals surface area contributed by atoms with E-state index in [0.29, 0.717) is 17.0 Å². The van der Waals surface area contributed by atoms with E-state index in [-0.39, 0.29) is 5.91 Å². The molecule has 1 fully saturated rings. The van der Waals surface area contributed by atoms with E-state index in [0.717, 1.165) is 31.5 Å². The predicted octanol–water partition coefficient (Wildman–Crippen LogP) is 2.78. The van der Waals surface area contributed by atoms with Crippen molar-refractivity contribution in [1.82, 2.24) is 15.6 Å². The van der Waals surface area contributed by atoms with Gasteiger partial charge in [0.15, 0.2) is 0 Å².